The van der Waals surface area contributed by atoms with E-state index in [-0.39, 0.29) is 18.4 Å². The highest BCUT2D eigenvalue weighted by Gasteiger charge is 2.13. The van der Waals surface area contributed by atoms with E-state index in [1.807, 2.05) is 5.38 Å². The molecule has 0 fully saturated rings. The Bertz CT molecular complexity index is 571. The number of thiophene rings is 1. The van der Waals surface area contributed by atoms with E-state index in [2.05, 4.69) is 16.8 Å². The summed E-state index contributed by atoms with van der Waals surface area (Å²) in [5.74, 6) is 0.112. The molecule has 1 heterocycles. The van der Waals surface area contributed by atoms with E-state index >= 15 is 0 Å². The molecule has 0 bridgehead atoms. The van der Waals surface area contributed by atoms with Crippen molar-refractivity contribution in [1.82, 2.24) is 5.32 Å². The molecule has 0 unspecified atom stereocenters. The third kappa shape index (κ3) is 4.56. The number of hydrogen-bond acceptors (Lipinski definition) is 3. The van der Waals surface area contributed by atoms with Crippen LogP contribution in [0.2, 0.25) is 5.02 Å². The normalized spacial score (nSPS) is 12.1. The molecule has 0 aliphatic heterocycles. The summed E-state index contributed by atoms with van der Waals surface area (Å²) in [5.41, 5.74) is 1.72. The number of benzene rings is 1. The summed E-state index contributed by atoms with van der Waals surface area (Å²) in [5, 5.41) is 16.6. The van der Waals surface area contributed by atoms with Crippen LogP contribution in [0.1, 0.15) is 34.7 Å². The number of rotatable bonds is 7. The molecule has 2 rings (SSSR count). The smallest absolute Gasteiger partial charge is 0.252 e. The minimum absolute atomic E-state index is 0.152. The van der Waals surface area contributed by atoms with E-state index in [9.17, 15) is 4.79 Å². The Morgan fingerprint density at radius 2 is 2.10 bits per heavy atom. The van der Waals surface area contributed by atoms with Crippen LogP contribution in [-0.2, 0) is 0 Å². The first-order valence-electron chi connectivity index (χ1n) is 6.88. The number of carbonyl (C=O) groups excluding carboxylic acids is 1. The van der Waals surface area contributed by atoms with Crippen molar-refractivity contribution in [2.24, 2.45) is 0 Å². The Balaban J connectivity index is 1.88. The molecule has 1 aromatic heterocycles. The first-order valence-corrected chi connectivity index (χ1v) is 8.20. The largest absolute Gasteiger partial charge is 0.396 e. The highest BCUT2D eigenvalue weighted by atomic mass is 35.5. The lowest BCUT2D eigenvalue weighted by Gasteiger charge is -2.15. The Hall–Kier alpha value is -1.36. The highest BCUT2D eigenvalue weighted by Crippen LogP contribution is 2.25. The lowest BCUT2D eigenvalue weighted by molar-refractivity contribution is 0.0952. The van der Waals surface area contributed by atoms with Gasteiger partial charge in [-0.15, -0.1) is 0 Å². The molecule has 0 radical (unpaired) electrons. The fourth-order valence-corrected chi connectivity index (χ4v) is 3.21. The van der Waals surface area contributed by atoms with Gasteiger partial charge in [0.2, 0.25) is 0 Å². The monoisotopic (exact) mass is 323 g/mol. The Labute approximate surface area is 133 Å². The van der Waals surface area contributed by atoms with Crippen LogP contribution in [0.25, 0.3) is 0 Å². The fourth-order valence-electron chi connectivity index (χ4n) is 2.24. The van der Waals surface area contributed by atoms with Crippen molar-refractivity contribution < 1.29 is 9.90 Å². The molecule has 2 N–H and O–H groups in total. The van der Waals surface area contributed by atoms with Crippen molar-refractivity contribution in [2.45, 2.75) is 18.8 Å². The van der Waals surface area contributed by atoms with Crippen molar-refractivity contribution in [3.05, 3.63) is 57.2 Å². The molecule has 0 saturated carbocycles. The van der Waals surface area contributed by atoms with E-state index in [0.29, 0.717) is 23.6 Å². The number of aliphatic hydroxyl groups is 1. The molecule has 3 nitrogen and oxygen atoms in total. The molecule has 5 heteroatoms. The van der Waals surface area contributed by atoms with E-state index in [0.717, 1.165) is 6.42 Å². The van der Waals surface area contributed by atoms with E-state index in [1.54, 1.807) is 35.6 Å². The number of nitrogens with one attached hydrogen (secondary N) is 1. The summed E-state index contributed by atoms with van der Waals surface area (Å²) in [6.45, 7) is 0.712. The zero-order valence-electron chi connectivity index (χ0n) is 11.6. The van der Waals surface area contributed by atoms with E-state index in [4.69, 9.17) is 16.7 Å². The maximum atomic E-state index is 12.0. The summed E-state index contributed by atoms with van der Waals surface area (Å²) >= 11 is 7.64. The van der Waals surface area contributed by atoms with Gasteiger partial charge in [-0.3, -0.25) is 4.79 Å². The molecule has 0 spiro atoms. The first-order chi connectivity index (χ1) is 10.2. The van der Waals surface area contributed by atoms with Gasteiger partial charge in [-0.25, -0.2) is 0 Å². The number of halogens is 1. The molecule has 2 aromatic rings. The quantitative estimate of drug-likeness (QED) is 0.816. The van der Waals surface area contributed by atoms with Crippen LogP contribution in [0.5, 0.6) is 0 Å². The topological polar surface area (TPSA) is 49.3 Å². The summed E-state index contributed by atoms with van der Waals surface area (Å²) in [7, 11) is 0. The second kappa shape index (κ2) is 8.17. The summed E-state index contributed by atoms with van der Waals surface area (Å²) in [6, 6.07) is 9.08. The van der Waals surface area contributed by atoms with Gasteiger partial charge in [-0.1, -0.05) is 23.7 Å². The van der Waals surface area contributed by atoms with Crippen LogP contribution >= 0.6 is 22.9 Å². The second-order valence-corrected chi connectivity index (χ2v) is 5.98. The third-order valence-electron chi connectivity index (χ3n) is 3.39. The summed E-state index contributed by atoms with van der Waals surface area (Å²) in [6.07, 6.45) is 1.51. The Morgan fingerprint density at radius 3 is 2.76 bits per heavy atom. The van der Waals surface area contributed by atoms with Gasteiger partial charge in [0.1, 0.15) is 0 Å². The molecular weight excluding hydrogens is 306 g/mol. The second-order valence-electron chi connectivity index (χ2n) is 4.79. The van der Waals surface area contributed by atoms with Crippen LogP contribution in [0.15, 0.2) is 41.1 Å². The molecule has 1 amide bonds. The molecule has 1 aromatic carbocycles. The predicted octanol–water partition coefficient (Wildman–Crippen LogP) is 3.69. The maximum absolute atomic E-state index is 12.0. The van der Waals surface area contributed by atoms with Gasteiger partial charge < -0.3 is 10.4 Å². The standard InChI is InChI=1S/C16H18ClNO2S/c17-15-4-2-1-3-14(15)16(20)18-8-5-12(6-9-19)13-7-10-21-11-13/h1-4,7,10-12,19H,5-6,8-9H2,(H,18,20)/t12-/m1/s1. The molecule has 112 valence electrons. The molecule has 0 aliphatic rings. The van der Waals surface area contributed by atoms with Gasteiger partial charge in [0.25, 0.3) is 5.91 Å². The predicted molar refractivity (Wildman–Crippen MR) is 87.2 cm³/mol. The van der Waals surface area contributed by atoms with Crippen LogP contribution in [0.4, 0.5) is 0 Å². The van der Waals surface area contributed by atoms with Gasteiger partial charge in [0.05, 0.1) is 10.6 Å². The Kier molecular flexibility index (Phi) is 6.23. The van der Waals surface area contributed by atoms with Crippen molar-refractivity contribution >= 4 is 28.8 Å². The van der Waals surface area contributed by atoms with Crippen LogP contribution in [0.3, 0.4) is 0 Å². The van der Waals surface area contributed by atoms with Gasteiger partial charge in [-0.2, -0.15) is 11.3 Å². The SMILES string of the molecule is O=C(NCC[C@H](CCO)c1ccsc1)c1ccccc1Cl. The zero-order chi connectivity index (χ0) is 15.1. The number of aliphatic hydroxyl groups excluding tert-OH is 1. The Morgan fingerprint density at radius 1 is 1.29 bits per heavy atom. The molecular formula is C16H18ClNO2S. The maximum Gasteiger partial charge on any atom is 0.252 e. The van der Waals surface area contributed by atoms with Crippen LogP contribution < -0.4 is 5.32 Å². The van der Waals surface area contributed by atoms with Gasteiger partial charge in [-0.05, 0) is 53.3 Å². The average molecular weight is 324 g/mol. The van der Waals surface area contributed by atoms with Crippen LogP contribution in [0, 0.1) is 0 Å². The number of hydrogen-bond donors (Lipinski definition) is 2. The number of carbonyl (C=O) groups is 1. The zero-order valence-corrected chi connectivity index (χ0v) is 13.2. The van der Waals surface area contributed by atoms with Crippen molar-refractivity contribution in [3.8, 4) is 0 Å². The van der Waals surface area contributed by atoms with E-state index in [1.165, 1.54) is 5.56 Å². The summed E-state index contributed by atoms with van der Waals surface area (Å²) in [4.78, 5) is 12.0. The lowest BCUT2D eigenvalue weighted by Crippen LogP contribution is -2.26. The summed E-state index contributed by atoms with van der Waals surface area (Å²) < 4.78 is 0. The fraction of sp³-hybridized carbons (Fsp3) is 0.312. The minimum Gasteiger partial charge on any atom is -0.396 e. The van der Waals surface area contributed by atoms with Gasteiger partial charge >= 0.3 is 0 Å². The minimum atomic E-state index is -0.159. The lowest BCUT2D eigenvalue weighted by atomic mass is 9.95. The van der Waals surface area contributed by atoms with Gasteiger partial charge in [0, 0.05) is 13.2 Å². The molecule has 0 aliphatic carbocycles. The molecule has 1 atom stereocenters. The van der Waals surface area contributed by atoms with Crippen molar-refractivity contribution in [2.75, 3.05) is 13.2 Å². The van der Waals surface area contributed by atoms with Crippen molar-refractivity contribution in [3.63, 3.8) is 0 Å². The number of amides is 1. The van der Waals surface area contributed by atoms with Gasteiger partial charge in [0.15, 0.2) is 0 Å². The molecule has 21 heavy (non-hydrogen) atoms. The van der Waals surface area contributed by atoms with E-state index < -0.39 is 0 Å². The highest BCUT2D eigenvalue weighted by molar-refractivity contribution is 7.07. The third-order valence-corrected chi connectivity index (χ3v) is 4.42. The molecule has 0 saturated heterocycles. The first kappa shape index (κ1) is 16.0. The van der Waals surface area contributed by atoms with Crippen molar-refractivity contribution in [1.29, 1.82) is 0 Å². The van der Waals surface area contributed by atoms with Crippen LogP contribution in [-0.4, -0.2) is 24.2 Å². The average Bonchev–Trinajstić information content (AvgIpc) is 3.01.